The maximum atomic E-state index is 12.9. The number of methoxy groups -OCH3 is 1. The predicted molar refractivity (Wildman–Crippen MR) is 92.1 cm³/mol. The molecule has 0 saturated heterocycles. The normalized spacial score (nSPS) is 14.2. The van der Waals surface area contributed by atoms with Gasteiger partial charge in [0.15, 0.2) is 0 Å². The highest BCUT2D eigenvalue weighted by atomic mass is 16.5. The first-order valence-corrected chi connectivity index (χ1v) is 8.17. The highest BCUT2D eigenvalue weighted by molar-refractivity contribution is 5.99. The van der Waals surface area contributed by atoms with Crippen molar-refractivity contribution >= 4 is 5.91 Å². The van der Waals surface area contributed by atoms with Crippen molar-refractivity contribution in [2.24, 2.45) is 0 Å². The summed E-state index contributed by atoms with van der Waals surface area (Å²) in [6.45, 7) is 4.09. The minimum Gasteiger partial charge on any atom is -0.496 e. The van der Waals surface area contributed by atoms with Gasteiger partial charge in [-0.2, -0.15) is 0 Å². The number of nitrogens with one attached hydrogen (secondary N) is 1. The van der Waals surface area contributed by atoms with Crippen molar-refractivity contribution in [3.8, 4) is 5.75 Å². The van der Waals surface area contributed by atoms with Crippen LogP contribution in [0.2, 0.25) is 0 Å². The number of amides is 1. The minimum atomic E-state index is -0.0450. The van der Waals surface area contributed by atoms with Gasteiger partial charge in [0.1, 0.15) is 5.75 Å². The monoisotopic (exact) mass is 309 g/mol. The Morgan fingerprint density at radius 1 is 1.17 bits per heavy atom. The number of ether oxygens (including phenoxy) is 1. The van der Waals surface area contributed by atoms with Crippen LogP contribution >= 0.6 is 0 Å². The van der Waals surface area contributed by atoms with Crippen molar-refractivity contribution in [2.75, 3.05) is 7.11 Å². The Hall–Kier alpha value is -2.29. The van der Waals surface area contributed by atoms with E-state index < -0.39 is 0 Å². The lowest BCUT2D eigenvalue weighted by Gasteiger charge is -2.19. The molecule has 2 aromatic carbocycles. The number of rotatable bonds is 4. The fourth-order valence-corrected chi connectivity index (χ4v) is 3.48. The molecule has 0 saturated carbocycles. The summed E-state index contributed by atoms with van der Waals surface area (Å²) in [5, 5.41) is 3.14. The maximum Gasteiger partial charge on any atom is 0.255 e. The largest absolute Gasteiger partial charge is 0.496 e. The van der Waals surface area contributed by atoms with Crippen LogP contribution in [-0.2, 0) is 12.8 Å². The second kappa shape index (κ2) is 6.45. The molecule has 2 aromatic rings. The summed E-state index contributed by atoms with van der Waals surface area (Å²) < 4.78 is 5.44. The molecule has 0 spiro atoms. The number of benzene rings is 2. The summed E-state index contributed by atoms with van der Waals surface area (Å²) in [6.07, 6.45) is 3.11. The molecule has 1 aliphatic rings. The van der Waals surface area contributed by atoms with Crippen molar-refractivity contribution in [1.29, 1.82) is 0 Å². The summed E-state index contributed by atoms with van der Waals surface area (Å²) in [5.74, 6) is 0.622. The van der Waals surface area contributed by atoms with E-state index in [-0.39, 0.29) is 11.9 Å². The Labute approximate surface area is 137 Å². The van der Waals surface area contributed by atoms with Gasteiger partial charge in [-0.05, 0) is 61.4 Å². The van der Waals surface area contributed by atoms with Crippen molar-refractivity contribution < 1.29 is 9.53 Å². The van der Waals surface area contributed by atoms with Gasteiger partial charge in [-0.15, -0.1) is 0 Å². The Kier molecular flexibility index (Phi) is 4.37. The zero-order valence-corrected chi connectivity index (χ0v) is 14.0. The van der Waals surface area contributed by atoms with Gasteiger partial charge >= 0.3 is 0 Å². The number of carbonyl (C=O) groups excluding carboxylic acids is 1. The molecule has 1 amide bonds. The zero-order valence-electron chi connectivity index (χ0n) is 14.0. The number of fused-ring (bicyclic) bond motifs is 1. The molecule has 0 heterocycles. The van der Waals surface area contributed by atoms with Gasteiger partial charge in [-0.3, -0.25) is 4.79 Å². The van der Waals surface area contributed by atoms with E-state index >= 15 is 0 Å². The second-order valence-corrected chi connectivity index (χ2v) is 6.19. The molecule has 3 heteroatoms. The molecule has 0 radical (unpaired) electrons. The lowest BCUT2D eigenvalue weighted by atomic mass is 9.99. The van der Waals surface area contributed by atoms with Crippen molar-refractivity contribution in [2.45, 2.75) is 39.2 Å². The van der Waals surface area contributed by atoms with Crippen LogP contribution in [0.3, 0.4) is 0 Å². The Bertz CT molecular complexity index is 736. The van der Waals surface area contributed by atoms with Gasteiger partial charge in [-0.25, -0.2) is 0 Å². The third-order valence-corrected chi connectivity index (χ3v) is 4.69. The van der Waals surface area contributed by atoms with Gasteiger partial charge in [-0.1, -0.05) is 30.3 Å². The van der Waals surface area contributed by atoms with Crippen LogP contribution in [0.4, 0.5) is 0 Å². The molecule has 0 bridgehead atoms. The van der Waals surface area contributed by atoms with Gasteiger partial charge < -0.3 is 10.1 Å². The molecular weight excluding hydrogens is 286 g/mol. The van der Waals surface area contributed by atoms with Crippen molar-refractivity contribution in [3.05, 3.63) is 64.2 Å². The molecule has 23 heavy (non-hydrogen) atoms. The van der Waals surface area contributed by atoms with E-state index in [9.17, 15) is 4.79 Å². The topological polar surface area (TPSA) is 38.3 Å². The highest BCUT2D eigenvalue weighted by Gasteiger charge is 2.24. The van der Waals surface area contributed by atoms with E-state index in [4.69, 9.17) is 4.74 Å². The molecule has 0 fully saturated rings. The molecular formula is C20H23NO2. The fourth-order valence-electron chi connectivity index (χ4n) is 3.48. The SMILES string of the molecule is COc1ccc2c(c1C(=O)NC(C)c1ccccc1C)CCC2. The van der Waals surface area contributed by atoms with Gasteiger partial charge in [0.05, 0.1) is 18.7 Å². The third kappa shape index (κ3) is 2.96. The maximum absolute atomic E-state index is 12.9. The zero-order chi connectivity index (χ0) is 16.4. The van der Waals surface area contributed by atoms with E-state index in [1.54, 1.807) is 7.11 Å². The standard InChI is InChI=1S/C20H23NO2/c1-13-7-4-5-9-16(13)14(2)21-20(22)19-17-10-6-8-15(17)11-12-18(19)23-3/h4-5,7,9,11-12,14H,6,8,10H2,1-3H3,(H,21,22). The molecule has 1 aliphatic carbocycles. The van der Waals surface area contributed by atoms with Gasteiger partial charge in [0.2, 0.25) is 0 Å². The van der Waals surface area contributed by atoms with Crippen molar-refractivity contribution in [1.82, 2.24) is 5.32 Å². The molecule has 1 atom stereocenters. The number of carbonyl (C=O) groups is 1. The van der Waals surface area contributed by atoms with Crippen LogP contribution in [0.15, 0.2) is 36.4 Å². The Balaban J connectivity index is 1.90. The third-order valence-electron chi connectivity index (χ3n) is 4.69. The molecule has 1 unspecified atom stereocenters. The lowest BCUT2D eigenvalue weighted by Crippen LogP contribution is -2.28. The van der Waals surface area contributed by atoms with E-state index in [1.807, 2.05) is 25.1 Å². The van der Waals surface area contributed by atoms with Gasteiger partial charge in [0.25, 0.3) is 5.91 Å². The fraction of sp³-hybridized carbons (Fsp3) is 0.350. The minimum absolute atomic E-state index is 0.0364. The number of aryl methyl sites for hydroxylation is 2. The van der Waals surface area contributed by atoms with E-state index in [2.05, 4.69) is 30.4 Å². The molecule has 120 valence electrons. The molecule has 3 rings (SSSR count). The quantitative estimate of drug-likeness (QED) is 0.927. The molecule has 1 N–H and O–H groups in total. The first-order valence-electron chi connectivity index (χ1n) is 8.17. The second-order valence-electron chi connectivity index (χ2n) is 6.19. The summed E-state index contributed by atoms with van der Waals surface area (Å²) in [5.41, 5.74) is 5.47. The van der Waals surface area contributed by atoms with Gasteiger partial charge in [0, 0.05) is 0 Å². The van der Waals surface area contributed by atoms with E-state index in [1.165, 1.54) is 11.1 Å². The van der Waals surface area contributed by atoms with Crippen LogP contribution in [0.25, 0.3) is 0 Å². The summed E-state index contributed by atoms with van der Waals surface area (Å²) >= 11 is 0. The average molecular weight is 309 g/mol. The Morgan fingerprint density at radius 3 is 2.70 bits per heavy atom. The van der Waals surface area contributed by atoms with Crippen LogP contribution in [0, 0.1) is 6.92 Å². The smallest absolute Gasteiger partial charge is 0.255 e. The van der Waals surface area contributed by atoms with Crippen LogP contribution in [0.5, 0.6) is 5.75 Å². The average Bonchev–Trinajstić information content (AvgIpc) is 3.02. The Morgan fingerprint density at radius 2 is 1.96 bits per heavy atom. The van der Waals surface area contributed by atoms with E-state index in [0.717, 1.165) is 30.4 Å². The molecule has 0 aliphatic heterocycles. The van der Waals surface area contributed by atoms with Crippen LogP contribution < -0.4 is 10.1 Å². The summed E-state index contributed by atoms with van der Waals surface area (Å²) in [6, 6.07) is 12.1. The molecule has 0 aromatic heterocycles. The number of hydrogen-bond acceptors (Lipinski definition) is 2. The lowest BCUT2D eigenvalue weighted by molar-refractivity contribution is 0.0936. The van der Waals surface area contributed by atoms with Crippen LogP contribution in [-0.4, -0.2) is 13.0 Å². The predicted octanol–water partition coefficient (Wildman–Crippen LogP) is 3.98. The highest BCUT2D eigenvalue weighted by Crippen LogP contribution is 2.32. The first-order chi connectivity index (χ1) is 11.1. The summed E-state index contributed by atoms with van der Waals surface area (Å²) in [4.78, 5) is 12.9. The van der Waals surface area contributed by atoms with Crippen molar-refractivity contribution in [3.63, 3.8) is 0 Å². The number of hydrogen-bond donors (Lipinski definition) is 1. The first kappa shape index (κ1) is 15.6. The van der Waals surface area contributed by atoms with E-state index in [0.29, 0.717) is 11.3 Å². The molecule has 3 nitrogen and oxygen atoms in total. The van der Waals surface area contributed by atoms with Crippen LogP contribution in [0.1, 0.15) is 52.0 Å². The summed E-state index contributed by atoms with van der Waals surface area (Å²) in [7, 11) is 1.62.